The molecule has 0 spiro atoms. The quantitative estimate of drug-likeness (QED) is 0.357. The molecule has 0 amide bonds. The van der Waals surface area contributed by atoms with Crippen molar-refractivity contribution in [1.82, 2.24) is 19.2 Å². The van der Waals surface area contributed by atoms with Crippen LogP contribution in [0.1, 0.15) is 0 Å². The van der Waals surface area contributed by atoms with E-state index in [-0.39, 0.29) is 18.8 Å². The summed E-state index contributed by atoms with van der Waals surface area (Å²) in [5.74, 6) is 1.84. The van der Waals surface area contributed by atoms with Crippen LogP contribution in [0, 0.1) is 0 Å². The van der Waals surface area contributed by atoms with Gasteiger partial charge in [-0.05, 0) is 47.9 Å². The molecule has 0 unspecified atom stereocenters. The van der Waals surface area contributed by atoms with Crippen LogP contribution in [-0.2, 0) is 6.54 Å². The van der Waals surface area contributed by atoms with Crippen molar-refractivity contribution < 1.29 is 14.6 Å². The largest absolute Gasteiger partial charge is 0.497 e. The van der Waals surface area contributed by atoms with Crippen LogP contribution in [0.25, 0.3) is 38.7 Å². The van der Waals surface area contributed by atoms with Gasteiger partial charge in [0.2, 0.25) is 0 Å². The van der Waals surface area contributed by atoms with E-state index in [0.29, 0.717) is 22.7 Å². The average molecular weight is 493 g/mol. The zero-order valence-electron chi connectivity index (χ0n) is 20.1. The van der Waals surface area contributed by atoms with E-state index in [4.69, 9.17) is 9.47 Å². The van der Waals surface area contributed by atoms with Gasteiger partial charge in [-0.2, -0.15) is 4.52 Å². The maximum absolute atomic E-state index is 13.5. The molecule has 2 aromatic heterocycles. The highest BCUT2D eigenvalue weighted by molar-refractivity contribution is 5.92. The number of para-hydroxylation sites is 1. The van der Waals surface area contributed by atoms with Crippen LogP contribution >= 0.6 is 0 Å². The molecular weight excluding hydrogens is 468 g/mol. The van der Waals surface area contributed by atoms with Gasteiger partial charge in [0.25, 0.3) is 0 Å². The third-order valence-electron chi connectivity index (χ3n) is 6.38. The molecule has 37 heavy (non-hydrogen) atoms. The van der Waals surface area contributed by atoms with Crippen molar-refractivity contribution in [3.05, 3.63) is 101 Å². The molecule has 0 aliphatic heterocycles. The number of nitrogens with zero attached hydrogens (tertiary/aromatic N) is 4. The summed E-state index contributed by atoms with van der Waals surface area (Å²) in [5, 5.41) is 18.2. The molecule has 4 aromatic carbocycles. The molecule has 1 atom stereocenters. The van der Waals surface area contributed by atoms with Crippen LogP contribution < -0.4 is 15.2 Å². The Hall–Kier alpha value is -4.69. The minimum atomic E-state index is -0.929. The molecule has 8 nitrogen and oxygen atoms in total. The van der Waals surface area contributed by atoms with Crippen molar-refractivity contribution in [3.63, 3.8) is 0 Å². The Morgan fingerprint density at radius 3 is 2.43 bits per heavy atom. The maximum atomic E-state index is 13.5. The van der Waals surface area contributed by atoms with Gasteiger partial charge in [-0.15, -0.1) is 5.10 Å². The molecule has 184 valence electrons. The van der Waals surface area contributed by atoms with Crippen molar-refractivity contribution in [2.75, 3.05) is 13.7 Å². The Kier molecular flexibility index (Phi) is 5.78. The molecule has 6 aromatic rings. The van der Waals surface area contributed by atoms with Gasteiger partial charge < -0.3 is 14.6 Å². The fraction of sp³-hybridized carbons (Fsp3) is 0.138. The van der Waals surface area contributed by atoms with Gasteiger partial charge in [0.1, 0.15) is 24.2 Å². The van der Waals surface area contributed by atoms with E-state index in [0.717, 1.165) is 27.5 Å². The predicted molar refractivity (Wildman–Crippen MR) is 142 cm³/mol. The van der Waals surface area contributed by atoms with E-state index in [1.54, 1.807) is 7.11 Å². The Balaban J connectivity index is 1.34. The Morgan fingerprint density at radius 2 is 1.62 bits per heavy atom. The van der Waals surface area contributed by atoms with Gasteiger partial charge in [-0.25, -0.2) is 9.78 Å². The second-order valence-electron chi connectivity index (χ2n) is 8.75. The van der Waals surface area contributed by atoms with Crippen LogP contribution in [0.2, 0.25) is 0 Å². The molecule has 6 rings (SSSR count). The molecule has 0 radical (unpaired) electrons. The average Bonchev–Trinajstić information content (AvgIpc) is 3.40. The first-order valence-corrected chi connectivity index (χ1v) is 11.9. The van der Waals surface area contributed by atoms with Crippen molar-refractivity contribution in [2.45, 2.75) is 12.6 Å². The fourth-order valence-electron chi connectivity index (χ4n) is 4.55. The first-order valence-electron chi connectivity index (χ1n) is 11.9. The Labute approximate surface area is 212 Å². The lowest BCUT2D eigenvalue weighted by Crippen LogP contribution is -2.34. The van der Waals surface area contributed by atoms with Gasteiger partial charge in [-0.3, -0.25) is 4.57 Å². The number of fused-ring (bicyclic) bond motifs is 4. The van der Waals surface area contributed by atoms with E-state index in [1.165, 1.54) is 9.08 Å². The lowest BCUT2D eigenvalue weighted by molar-refractivity contribution is 0.0930. The molecule has 8 heteroatoms. The number of benzene rings is 4. The van der Waals surface area contributed by atoms with Crippen LogP contribution in [0.4, 0.5) is 0 Å². The van der Waals surface area contributed by atoms with E-state index in [9.17, 15) is 9.90 Å². The Morgan fingerprint density at radius 1 is 0.892 bits per heavy atom. The number of aliphatic hydroxyl groups is 1. The van der Waals surface area contributed by atoms with Gasteiger partial charge >= 0.3 is 5.69 Å². The summed E-state index contributed by atoms with van der Waals surface area (Å²) < 4.78 is 14.0. The number of methoxy groups -OCH3 is 1. The number of hydrogen-bond donors (Lipinski definition) is 1. The van der Waals surface area contributed by atoms with Gasteiger partial charge in [0.15, 0.2) is 11.5 Å². The predicted octanol–water partition coefficient (Wildman–Crippen LogP) is 4.31. The number of ether oxygens (including phenoxy) is 2. The molecule has 0 fully saturated rings. The molecule has 0 aliphatic rings. The second-order valence-corrected chi connectivity index (χ2v) is 8.75. The van der Waals surface area contributed by atoms with Gasteiger partial charge in [0.05, 0.1) is 19.2 Å². The summed E-state index contributed by atoms with van der Waals surface area (Å²) in [5.41, 5.74) is 1.51. The van der Waals surface area contributed by atoms with Crippen molar-refractivity contribution in [3.8, 4) is 22.9 Å². The normalized spacial score (nSPS) is 12.3. The SMILES string of the molecule is COc1ccc(-c2nc3c4ccccc4n(C[C@H](O)COc4cccc5ccccc45)c(=O)n3n2)cc1. The number of rotatable bonds is 7. The topological polar surface area (TPSA) is 90.9 Å². The van der Waals surface area contributed by atoms with Crippen LogP contribution in [0.5, 0.6) is 11.5 Å². The standard InChI is InChI=1S/C29H24N4O4/c1-36-22-15-13-20(14-16-22)27-30-28-24-10-4-5-11-25(24)32(29(35)33(28)31-27)17-21(34)18-37-26-12-6-8-19-7-2-3-9-23(19)26/h2-16,21,34H,17-18H2,1H3/t21-/m0/s1. The summed E-state index contributed by atoms with van der Waals surface area (Å²) in [6.45, 7) is 0.0685. The van der Waals surface area contributed by atoms with Gasteiger partial charge in [0, 0.05) is 16.3 Å². The highest BCUT2D eigenvalue weighted by Crippen LogP contribution is 2.26. The maximum Gasteiger partial charge on any atom is 0.351 e. The zero-order valence-corrected chi connectivity index (χ0v) is 20.1. The summed E-state index contributed by atoms with van der Waals surface area (Å²) in [7, 11) is 1.61. The van der Waals surface area contributed by atoms with Crippen LogP contribution in [-0.4, -0.2) is 44.1 Å². The summed E-state index contributed by atoms with van der Waals surface area (Å²) in [6.07, 6.45) is -0.929. The third kappa shape index (κ3) is 4.17. The van der Waals surface area contributed by atoms with E-state index in [2.05, 4.69) is 10.1 Å². The molecular formula is C29H24N4O4. The smallest absolute Gasteiger partial charge is 0.351 e. The third-order valence-corrected chi connectivity index (χ3v) is 6.38. The second kappa shape index (κ2) is 9.40. The zero-order chi connectivity index (χ0) is 25.4. The number of aliphatic hydroxyl groups excluding tert-OH is 1. The number of hydrogen-bond acceptors (Lipinski definition) is 6. The first kappa shape index (κ1) is 22.8. The number of aromatic nitrogens is 4. The monoisotopic (exact) mass is 492 g/mol. The van der Waals surface area contributed by atoms with E-state index < -0.39 is 6.10 Å². The van der Waals surface area contributed by atoms with Crippen molar-refractivity contribution >= 4 is 27.3 Å². The fourth-order valence-corrected chi connectivity index (χ4v) is 4.55. The summed E-state index contributed by atoms with van der Waals surface area (Å²) in [4.78, 5) is 18.2. The minimum Gasteiger partial charge on any atom is -0.497 e. The van der Waals surface area contributed by atoms with E-state index in [1.807, 2.05) is 91.0 Å². The lowest BCUT2D eigenvalue weighted by atomic mass is 10.1. The van der Waals surface area contributed by atoms with Gasteiger partial charge in [-0.1, -0.05) is 48.5 Å². The highest BCUT2D eigenvalue weighted by Gasteiger charge is 2.18. The van der Waals surface area contributed by atoms with E-state index >= 15 is 0 Å². The molecule has 0 saturated heterocycles. The first-order chi connectivity index (χ1) is 18.1. The van der Waals surface area contributed by atoms with Crippen molar-refractivity contribution in [2.24, 2.45) is 0 Å². The van der Waals surface area contributed by atoms with Crippen molar-refractivity contribution in [1.29, 1.82) is 0 Å². The highest BCUT2D eigenvalue weighted by atomic mass is 16.5. The molecule has 2 heterocycles. The minimum absolute atomic E-state index is 0.0290. The molecule has 0 bridgehead atoms. The van der Waals surface area contributed by atoms with Crippen LogP contribution in [0.15, 0.2) is 95.8 Å². The molecule has 0 saturated carbocycles. The van der Waals surface area contributed by atoms with Crippen LogP contribution in [0.3, 0.4) is 0 Å². The molecule has 0 aliphatic carbocycles. The summed E-state index contributed by atoms with van der Waals surface area (Å²) in [6, 6.07) is 28.5. The summed E-state index contributed by atoms with van der Waals surface area (Å²) >= 11 is 0. The lowest BCUT2D eigenvalue weighted by Gasteiger charge is -2.17. The molecule has 1 N–H and O–H groups in total. The Bertz CT molecular complexity index is 1790.